The fourth-order valence-corrected chi connectivity index (χ4v) is 1.32. The van der Waals surface area contributed by atoms with Crippen LogP contribution in [0.3, 0.4) is 0 Å². The average Bonchev–Trinajstić information content (AvgIpc) is 2.43. The summed E-state index contributed by atoms with van der Waals surface area (Å²) in [5, 5.41) is 0.762. The van der Waals surface area contributed by atoms with Crippen molar-refractivity contribution in [1.29, 1.82) is 0 Å². The molecule has 7 nitrogen and oxygen atoms in total. The summed E-state index contributed by atoms with van der Waals surface area (Å²) in [5.74, 6) is 4.39. The molecule has 0 radical (unpaired) electrons. The zero-order chi connectivity index (χ0) is 13.5. The number of esters is 1. The Balaban J connectivity index is 2.86. The maximum absolute atomic E-state index is 12.0. The standard InChI is InChI=1S/C11H15N3O4/c1-17-7-9(11(16)18-2)14(12)10(15)8-5-3-4-6-13-8/h3-6,9H,7,12H2,1-2H3. The molecule has 1 heterocycles. The summed E-state index contributed by atoms with van der Waals surface area (Å²) in [6.07, 6.45) is 1.46. The van der Waals surface area contributed by atoms with Crippen LogP contribution in [0.15, 0.2) is 24.4 Å². The van der Waals surface area contributed by atoms with E-state index in [0.29, 0.717) is 0 Å². The van der Waals surface area contributed by atoms with Crippen LogP contribution in [-0.4, -0.2) is 48.7 Å². The first-order valence-electron chi connectivity index (χ1n) is 5.17. The van der Waals surface area contributed by atoms with E-state index in [4.69, 9.17) is 10.6 Å². The summed E-state index contributed by atoms with van der Waals surface area (Å²) >= 11 is 0. The average molecular weight is 253 g/mol. The monoisotopic (exact) mass is 253 g/mol. The number of nitrogens with two attached hydrogens (primary N) is 1. The second-order valence-corrected chi connectivity index (χ2v) is 3.42. The van der Waals surface area contributed by atoms with Gasteiger partial charge in [-0.25, -0.2) is 10.6 Å². The van der Waals surface area contributed by atoms with Gasteiger partial charge in [-0.05, 0) is 12.1 Å². The summed E-state index contributed by atoms with van der Waals surface area (Å²) in [6, 6.07) is 3.82. The highest BCUT2D eigenvalue weighted by atomic mass is 16.5. The van der Waals surface area contributed by atoms with E-state index in [9.17, 15) is 9.59 Å². The van der Waals surface area contributed by atoms with Crippen LogP contribution in [-0.2, 0) is 14.3 Å². The third-order valence-electron chi connectivity index (χ3n) is 2.25. The van der Waals surface area contributed by atoms with Crippen LogP contribution in [0.4, 0.5) is 0 Å². The van der Waals surface area contributed by atoms with Crippen molar-refractivity contribution in [2.45, 2.75) is 6.04 Å². The minimum absolute atomic E-state index is 0.0538. The van der Waals surface area contributed by atoms with Gasteiger partial charge in [0.25, 0.3) is 5.91 Å². The Kier molecular flexibility index (Phi) is 5.22. The van der Waals surface area contributed by atoms with Crippen LogP contribution in [0.25, 0.3) is 0 Å². The molecular formula is C11H15N3O4. The normalized spacial score (nSPS) is 11.7. The molecule has 0 spiro atoms. The van der Waals surface area contributed by atoms with Gasteiger partial charge in [0.15, 0.2) is 6.04 Å². The highest BCUT2D eigenvalue weighted by Crippen LogP contribution is 2.04. The number of carbonyl (C=O) groups excluding carboxylic acids is 2. The number of aromatic nitrogens is 1. The lowest BCUT2D eigenvalue weighted by Gasteiger charge is -2.24. The minimum Gasteiger partial charge on any atom is -0.467 e. The van der Waals surface area contributed by atoms with Crippen LogP contribution >= 0.6 is 0 Å². The number of nitrogens with zero attached hydrogens (tertiary/aromatic N) is 2. The lowest BCUT2D eigenvalue weighted by Crippen LogP contribution is -2.52. The van der Waals surface area contributed by atoms with Crippen LogP contribution in [0.2, 0.25) is 0 Å². The van der Waals surface area contributed by atoms with Crippen LogP contribution in [0.5, 0.6) is 0 Å². The number of rotatable bonds is 5. The zero-order valence-corrected chi connectivity index (χ0v) is 10.2. The predicted molar refractivity (Wildman–Crippen MR) is 62.3 cm³/mol. The highest BCUT2D eigenvalue weighted by molar-refractivity contribution is 5.94. The van der Waals surface area contributed by atoms with E-state index in [2.05, 4.69) is 9.72 Å². The SMILES string of the molecule is COCC(C(=O)OC)N(N)C(=O)c1ccccn1. The molecule has 1 amide bonds. The Hall–Kier alpha value is -1.99. The molecule has 0 saturated carbocycles. The molecule has 1 aromatic heterocycles. The van der Waals surface area contributed by atoms with Crippen molar-refractivity contribution in [1.82, 2.24) is 9.99 Å². The minimum atomic E-state index is -1.01. The number of carbonyl (C=O) groups is 2. The van der Waals surface area contributed by atoms with E-state index in [-0.39, 0.29) is 12.3 Å². The topological polar surface area (TPSA) is 94.8 Å². The molecule has 0 fully saturated rings. The van der Waals surface area contributed by atoms with Gasteiger partial charge < -0.3 is 9.47 Å². The molecule has 2 N–H and O–H groups in total. The molecule has 0 aliphatic heterocycles. The molecule has 0 aromatic carbocycles. The summed E-state index contributed by atoms with van der Waals surface area (Å²) in [5.41, 5.74) is 0.144. The Bertz CT molecular complexity index is 410. The van der Waals surface area contributed by atoms with Crippen molar-refractivity contribution in [2.75, 3.05) is 20.8 Å². The van der Waals surface area contributed by atoms with Crippen LogP contribution < -0.4 is 5.84 Å². The number of hydrogen-bond acceptors (Lipinski definition) is 6. The number of pyridine rings is 1. The summed E-state index contributed by atoms with van der Waals surface area (Å²) in [7, 11) is 2.61. The summed E-state index contributed by atoms with van der Waals surface area (Å²) in [4.78, 5) is 27.3. The first-order chi connectivity index (χ1) is 8.61. The third kappa shape index (κ3) is 3.25. The Morgan fingerprint density at radius 3 is 2.67 bits per heavy atom. The largest absolute Gasteiger partial charge is 0.467 e. The maximum Gasteiger partial charge on any atom is 0.332 e. The van der Waals surface area contributed by atoms with Crippen molar-refractivity contribution in [2.24, 2.45) is 5.84 Å². The van der Waals surface area contributed by atoms with Crippen molar-refractivity contribution in [3.63, 3.8) is 0 Å². The summed E-state index contributed by atoms with van der Waals surface area (Å²) in [6.45, 7) is -0.0538. The van der Waals surface area contributed by atoms with E-state index >= 15 is 0 Å². The van der Waals surface area contributed by atoms with E-state index in [1.54, 1.807) is 12.1 Å². The van der Waals surface area contributed by atoms with E-state index in [0.717, 1.165) is 5.01 Å². The Morgan fingerprint density at radius 1 is 1.44 bits per heavy atom. The molecule has 98 valence electrons. The smallest absolute Gasteiger partial charge is 0.332 e. The van der Waals surface area contributed by atoms with Gasteiger partial charge in [0.2, 0.25) is 0 Å². The van der Waals surface area contributed by atoms with Crippen molar-refractivity contribution in [3.05, 3.63) is 30.1 Å². The van der Waals surface area contributed by atoms with Crippen molar-refractivity contribution in [3.8, 4) is 0 Å². The number of ether oxygens (including phenoxy) is 2. The molecule has 1 aromatic rings. The van der Waals surface area contributed by atoms with Gasteiger partial charge in [0, 0.05) is 13.3 Å². The van der Waals surface area contributed by atoms with E-state index in [1.165, 1.54) is 26.5 Å². The number of hydrogen-bond donors (Lipinski definition) is 1. The molecule has 7 heteroatoms. The second-order valence-electron chi connectivity index (χ2n) is 3.42. The molecule has 0 bridgehead atoms. The predicted octanol–water partition coefficient (Wildman–Crippen LogP) is -0.414. The van der Waals surface area contributed by atoms with Crippen LogP contribution in [0.1, 0.15) is 10.5 Å². The molecule has 1 rings (SSSR count). The lowest BCUT2D eigenvalue weighted by atomic mass is 10.2. The van der Waals surface area contributed by atoms with Gasteiger partial charge in [-0.2, -0.15) is 0 Å². The van der Waals surface area contributed by atoms with Gasteiger partial charge in [-0.1, -0.05) is 6.07 Å². The van der Waals surface area contributed by atoms with Gasteiger partial charge >= 0.3 is 5.97 Å². The molecule has 1 unspecified atom stereocenters. The quantitative estimate of drug-likeness (QED) is 0.331. The first kappa shape index (κ1) is 14.1. The van der Waals surface area contributed by atoms with E-state index < -0.39 is 17.9 Å². The zero-order valence-electron chi connectivity index (χ0n) is 10.2. The Labute approximate surface area is 104 Å². The highest BCUT2D eigenvalue weighted by Gasteiger charge is 2.29. The van der Waals surface area contributed by atoms with Gasteiger partial charge in [0.1, 0.15) is 5.69 Å². The van der Waals surface area contributed by atoms with Crippen molar-refractivity contribution >= 4 is 11.9 Å². The second kappa shape index (κ2) is 6.67. The maximum atomic E-state index is 12.0. The van der Waals surface area contributed by atoms with Crippen molar-refractivity contribution < 1.29 is 19.1 Å². The molecule has 0 aliphatic carbocycles. The number of methoxy groups -OCH3 is 2. The molecule has 0 aliphatic rings. The number of hydrazine groups is 1. The van der Waals surface area contributed by atoms with Gasteiger partial charge in [-0.3, -0.25) is 14.8 Å². The molecular weight excluding hydrogens is 238 g/mol. The first-order valence-corrected chi connectivity index (χ1v) is 5.17. The molecule has 1 atom stereocenters. The fourth-order valence-electron chi connectivity index (χ4n) is 1.32. The van der Waals surface area contributed by atoms with Gasteiger partial charge in [-0.15, -0.1) is 0 Å². The fraction of sp³-hybridized carbons (Fsp3) is 0.364. The van der Waals surface area contributed by atoms with Crippen LogP contribution in [0, 0.1) is 0 Å². The number of amides is 1. The Morgan fingerprint density at radius 2 is 2.17 bits per heavy atom. The summed E-state index contributed by atoms with van der Waals surface area (Å²) < 4.78 is 9.40. The van der Waals surface area contributed by atoms with Gasteiger partial charge in [0.05, 0.1) is 13.7 Å². The molecule has 18 heavy (non-hydrogen) atoms. The third-order valence-corrected chi connectivity index (χ3v) is 2.25. The lowest BCUT2D eigenvalue weighted by molar-refractivity contribution is -0.148. The molecule has 0 saturated heterocycles. The van der Waals surface area contributed by atoms with E-state index in [1.807, 2.05) is 0 Å².